The molecule has 10 nitrogen and oxygen atoms in total. The summed E-state index contributed by atoms with van der Waals surface area (Å²) in [4.78, 5) is 18.0. The Kier molecular flexibility index (Phi) is 7.91. The molecule has 4 aromatic carbocycles. The van der Waals surface area contributed by atoms with Crippen LogP contribution < -0.4 is 18.9 Å². The molecule has 9 rings (SSSR count). The van der Waals surface area contributed by atoms with Gasteiger partial charge in [0.1, 0.15) is 40.3 Å². The van der Waals surface area contributed by atoms with Gasteiger partial charge in [0, 0.05) is 72.0 Å². The SMILES string of the molecule is c1ccc(Oc2cccc(Oc3ccc4c5ccc(Oc6cccc(Oc7ccccn7)c6)cc5n(-c5ncc(-c6ccco6)cn5)c4c3)c2)nc1. The fourth-order valence-electron chi connectivity index (χ4n) is 5.86. The van der Waals surface area contributed by atoms with Gasteiger partial charge in [0.2, 0.25) is 17.7 Å². The highest BCUT2D eigenvalue weighted by molar-refractivity contribution is 6.09. The highest BCUT2D eigenvalue weighted by Gasteiger charge is 2.17. The first kappa shape index (κ1) is 30.6. The smallest absolute Gasteiger partial charge is 0.234 e. The summed E-state index contributed by atoms with van der Waals surface area (Å²) in [7, 11) is 0. The summed E-state index contributed by atoms with van der Waals surface area (Å²) in [6, 6.07) is 41.5. The number of nitrogens with zero attached hydrogens (tertiary/aromatic N) is 5. The third-order valence-electron chi connectivity index (χ3n) is 8.16. The highest BCUT2D eigenvalue weighted by Crippen LogP contribution is 2.38. The lowest BCUT2D eigenvalue weighted by Gasteiger charge is -2.11. The van der Waals surface area contributed by atoms with E-state index in [1.807, 2.05) is 126 Å². The number of rotatable bonds is 10. The average molecular weight is 682 g/mol. The third kappa shape index (κ3) is 6.35. The summed E-state index contributed by atoms with van der Waals surface area (Å²) in [6.45, 7) is 0. The normalized spacial score (nSPS) is 11.1. The molecule has 9 aromatic rings. The predicted octanol–water partition coefficient (Wildman–Crippen LogP) is 10.8. The van der Waals surface area contributed by atoms with Gasteiger partial charge in [-0.3, -0.25) is 4.57 Å². The van der Waals surface area contributed by atoms with Crippen molar-refractivity contribution >= 4 is 21.8 Å². The Morgan fingerprint density at radius 1 is 0.442 bits per heavy atom. The Labute approximate surface area is 297 Å². The van der Waals surface area contributed by atoms with Crippen molar-refractivity contribution in [3.63, 3.8) is 0 Å². The number of pyridine rings is 2. The van der Waals surface area contributed by atoms with E-state index in [2.05, 4.69) is 9.97 Å². The minimum absolute atomic E-state index is 0.473. The minimum Gasteiger partial charge on any atom is -0.464 e. The van der Waals surface area contributed by atoms with Crippen molar-refractivity contribution < 1.29 is 23.4 Å². The van der Waals surface area contributed by atoms with Crippen LogP contribution >= 0.6 is 0 Å². The maximum absolute atomic E-state index is 6.37. The predicted molar refractivity (Wildman–Crippen MR) is 196 cm³/mol. The highest BCUT2D eigenvalue weighted by atomic mass is 16.5. The minimum atomic E-state index is 0.473. The third-order valence-corrected chi connectivity index (χ3v) is 8.16. The molecule has 0 aliphatic rings. The molecule has 5 aromatic heterocycles. The molecule has 0 saturated heterocycles. The van der Waals surface area contributed by atoms with E-state index >= 15 is 0 Å². The zero-order chi connectivity index (χ0) is 34.7. The molecule has 0 bridgehead atoms. The van der Waals surface area contributed by atoms with E-state index < -0.39 is 0 Å². The van der Waals surface area contributed by atoms with Crippen LogP contribution in [0.1, 0.15) is 0 Å². The molecule has 0 spiro atoms. The molecule has 0 unspecified atom stereocenters. The van der Waals surface area contributed by atoms with Gasteiger partial charge in [-0.05, 0) is 72.8 Å². The molecule has 5 heterocycles. The van der Waals surface area contributed by atoms with Crippen LogP contribution in [-0.2, 0) is 0 Å². The molecule has 250 valence electrons. The topological polar surface area (TPSA) is 107 Å². The Morgan fingerprint density at radius 3 is 1.44 bits per heavy atom. The number of fused-ring (bicyclic) bond motifs is 3. The fraction of sp³-hybridized carbons (Fsp3) is 0. The van der Waals surface area contributed by atoms with Gasteiger partial charge in [0.05, 0.1) is 22.9 Å². The van der Waals surface area contributed by atoms with Crippen LogP contribution in [0.2, 0.25) is 0 Å². The van der Waals surface area contributed by atoms with Crippen LogP contribution in [0.25, 0.3) is 39.1 Å². The zero-order valence-corrected chi connectivity index (χ0v) is 27.4. The van der Waals surface area contributed by atoms with Crippen molar-refractivity contribution in [2.75, 3.05) is 0 Å². The first-order valence-electron chi connectivity index (χ1n) is 16.4. The molecule has 0 N–H and O–H groups in total. The zero-order valence-electron chi connectivity index (χ0n) is 27.4. The van der Waals surface area contributed by atoms with E-state index in [1.165, 1.54) is 0 Å². The molecule has 0 aliphatic heterocycles. The molecule has 0 atom stereocenters. The van der Waals surface area contributed by atoms with Crippen LogP contribution in [0.15, 0.2) is 169 Å². The maximum atomic E-state index is 6.37. The molecule has 10 heteroatoms. The molecule has 0 radical (unpaired) electrons. The monoisotopic (exact) mass is 681 g/mol. The molecule has 0 amide bonds. The van der Waals surface area contributed by atoms with Crippen LogP contribution in [-0.4, -0.2) is 24.5 Å². The standard InChI is InChI=1S/C42H27N5O5/c1-3-19-43-40(13-1)51-31-10-5-8-29(22-31)49-33-15-17-35-36-18-16-34(50-30-9-6-11-32(23-30)52-41-14-2-4-20-44-41)25-38(36)47(37(35)24-33)42-45-26-28(27-46-42)39-12-7-21-48-39/h1-27H. The Bertz CT molecular complexity index is 2480. The second-order valence-electron chi connectivity index (χ2n) is 11.6. The van der Waals surface area contributed by atoms with Gasteiger partial charge in [0.15, 0.2) is 0 Å². The number of ether oxygens (including phenoxy) is 4. The molecule has 0 aliphatic carbocycles. The number of benzene rings is 4. The number of furan rings is 1. The average Bonchev–Trinajstić information content (AvgIpc) is 3.83. The lowest BCUT2D eigenvalue weighted by Crippen LogP contribution is -2.01. The summed E-state index contributed by atoms with van der Waals surface area (Å²) in [5.74, 6) is 5.84. The van der Waals surface area contributed by atoms with E-state index in [0.717, 1.165) is 27.4 Å². The molecular weight excluding hydrogens is 654 g/mol. The van der Waals surface area contributed by atoms with Crippen LogP contribution in [0.3, 0.4) is 0 Å². The van der Waals surface area contributed by atoms with E-state index in [9.17, 15) is 0 Å². The van der Waals surface area contributed by atoms with Gasteiger partial charge in [0.25, 0.3) is 0 Å². The molecular formula is C42H27N5O5. The van der Waals surface area contributed by atoms with E-state index in [0.29, 0.717) is 58.0 Å². The van der Waals surface area contributed by atoms with E-state index in [-0.39, 0.29) is 0 Å². The van der Waals surface area contributed by atoms with Gasteiger partial charge >= 0.3 is 0 Å². The van der Waals surface area contributed by atoms with Crippen molar-refractivity contribution in [1.82, 2.24) is 24.5 Å². The van der Waals surface area contributed by atoms with E-state index in [1.54, 1.807) is 43.2 Å². The first-order valence-corrected chi connectivity index (χ1v) is 16.4. The van der Waals surface area contributed by atoms with Gasteiger partial charge in [-0.2, -0.15) is 0 Å². The molecule has 0 fully saturated rings. The maximum Gasteiger partial charge on any atom is 0.234 e. The summed E-state index contributed by atoms with van der Waals surface area (Å²) in [5, 5.41) is 1.98. The van der Waals surface area contributed by atoms with Crippen LogP contribution in [0.5, 0.6) is 46.3 Å². The van der Waals surface area contributed by atoms with Crippen molar-refractivity contribution in [3.05, 3.63) is 165 Å². The van der Waals surface area contributed by atoms with Crippen molar-refractivity contribution in [3.8, 4) is 63.5 Å². The first-order chi connectivity index (χ1) is 25.7. The summed E-state index contributed by atoms with van der Waals surface area (Å²) < 4.78 is 32.2. The number of aromatic nitrogens is 5. The largest absolute Gasteiger partial charge is 0.464 e. The lowest BCUT2D eigenvalue weighted by molar-refractivity contribution is 0.448. The summed E-state index contributed by atoms with van der Waals surface area (Å²) in [6.07, 6.45) is 8.50. The molecule has 0 saturated carbocycles. The van der Waals surface area contributed by atoms with Gasteiger partial charge < -0.3 is 23.4 Å². The number of hydrogen-bond donors (Lipinski definition) is 0. The van der Waals surface area contributed by atoms with Crippen molar-refractivity contribution in [2.24, 2.45) is 0 Å². The van der Waals surface area contributed by atoms with Crippen molar-refractivity contribution in [2.45, 2.75) is 0 Å². The Hall–Kier alpha value is -7.46. The Balaban J connectivity index is 1.08. The molecule has 52 heavy (non-hydrogen) atoms. The van der Waals surface area contributed by atoms with Gasteiger partial charge in [-0.15, -0.1) is 0 Å². The lowest BCUT2D eigenvalue weighted by atomic mass is 10.1. The Morgan fingerprint density at radius 2 is 0.962 bits per heavy atom. The quantitative estimate of drug-likeness (QED) is 0.139. The van der Waals surface area contributed by atoms with Gasteiger partial charge in [-0.1, -0.05) is 24.3 Å². The van der Waals surface area contributed by atoms with E-state index in [4.69, 9.17) is 33.3 Å². The van der Waals surface area contributed by atoms with Gasteiger partial charge in [-0.25, -0.2) is 19.9 Å². The summed E-state index contributed by atoms with van der Waals surface area (Å²) >= 11 is 0. The van der Waals surface area contributed by atoms with Crippen LogP contribution in [0.4, 0.5) is 0 Å². The fourth-order valence-corrected chi connectivity index (χ4v) is 5.86. The second kappa shape index (κ2) is 13.4. The van der Waals surface area contributed by atoms with Crippen molar-refractivity contribution in [1.29, 1.82) is 0 Å². The summed E-state index contributed by atoms with van der Waals surface area (Å²) in [5.41, 5.74) is 2.47. The number of hydrogen-bond acceptors (Lipinski definition) is 9. The van der Waals surface area contributed by atoms with Crippen LogP contribution in [0, 0.1) is 0 Å². The second-order valence-corrected chi connectivity index (χ2v) is 11.6.